The van der Waals surface area contributed by atoms with Crippen LogP contribution in [0.3, 0.4) is 0 Å². The minimum absolute atomic E-state index is 0.0203. The summed E-state index contributed by atoms with van der Waals surface area (Å²) in [6, 6.07) is -0.301. The van der Waals surface area contributed by atoms with E-state index in [-0.39, 0.29) is 24.4 Å². The maximum atomic E-state index is 11.8. The maximum absolute atomic E-state index is 11.8. The predicted octanol–water partition coefficient (Wildman–Crippen LogP) is 1.16. The number of rotatable bonds is 2. The van der Waals surface area contributed by atoms with E-state index in [0.29, 0.717) is 11.8 Å². The summed E-state index contributed by atoms with van der Waals surface area (Å²) in [5.74, 6) is 1.29. The lowest BCUT2D eigenvalue weighted by molar-refractivity contribution is -0.145. The van der Waals surface area contributed by atoms with Gasteiger partial charge in [0, 0.05) is 6.54 Å². The van der Waals surface area contributed by atoms with Gasteiger partial charge in [0.05, 0.1) is 6.54 Å². The summed E-state index contributed by atoms with van der Waals surface area (Å²) in [5.41, 5.74) is 0. The Kier molecular flexibility index (Phi) is 3.69. The van der Waals surface area contributed by atoms with Crippen LogP contribution in [0.4, 0.5) is 0 Å². The highest BCUT2D eigenvalue weighted by molar-refractivity contribution is 5.94. The Morgan fingerprint density at radius 3 is 2.65 bits per heavy atom. The second kappa shape index (κ2) is 5.07. The van der Waals surface area contributed by atoms with Crippen LogP contribution in [-0.4, -0.2) is 35.8 Å². The van der Waals surface area contributed by atoms with Gasteiger partial charge in [0.25, 0.3) is 0 Å². The topological polar surface area (TPSA) is 49.4 Å². The van der Waals surface area contributed by atoms with Crippen LogP contribution in [0.2, 0.25) is 0 Å². The second-order valence-electron chi connectivity index (χ2n) is 5.46. The third kappa shape index (κ3) is 2.61. The average molecular weight is 238 g/mol. The molecule has 2 aliphatic rings. The number of piperazine rings is 1. The summed E-state index contributed by atoms with van der Waals surface area (Å²) in [4.78, 5) is 25.2. The van der Waals surface area contributed by atoms with E-state index in [1.165, 1.54) is 25.7 Å². The first kappa shape index (κ1) is 12.4. The van der Waals surface area contributed by atoms with E-state index < -0.39 is 0 Å². The molecule has 4 nitrogen and oxygen atoms in total. The Hall–Kier alpha value is -1.06. The summed E-state index contributed by atoms with van der Waals surface area (Å²) in [5, 5.41) is 2.63. The van der Waals surface area contributed by atoms with E-state index in [1.54, 1.807) is 4.90 Å². The van der Waals surface area contributed by atoms with E-state index in [1.807, 2.05) is 6.92 Å². The molecule has 3 unspecified atom stereocenters. The molecule has 1 heterocycles. The molecule has 0 aromatic rings. The van der Waals surface area contributed by atoms with Gasteiger partial charge in [-0.05, 0) is 25.2 Å². The Balaban J connectivity index is 2.00. The molecule has 4 heteroatoms. The Morgan fingerprint density at radius 2 is 1.94 bits per heavy atom. The summed E-state index contributed by atoms with van der Waals surface area (Å²) < 4.78 is 0. The van der Waals surface area contributed by atoms with E-state index in [4.69, 9.17) is 0 Å². The van der Waals surface area contributed by atoms with E-state index in [2.05, 4.69) is 12.2 Å². The Labute approximate surface area is 103 Å². The number of carbonyl (C=O) groups is 2. The van der Waals surface area contributed by atoms with Crippen LogP contribution in [0.25, 0.3) is 0 Å². The molecule has 17 heavy (non-hydrogen) atoms. The summed E-state index contributed by atoms with van der Waals surface area (Å²) in [6.07, 6.45) is 5.02. The predicted molar refractivity (Wildman–Crippen MR) is 65.3 cm³/mol. The van der Waals surface area contributed by atoms with Gasteiger partial charge in [0.15, 0.2) is 0 Å². The highest BCUT2D eigenvalue weighted by Crippen LogP contribution is 2.30. The van der Waals surface area contributed by atoms with Gasteiger partial charge in [-0.1, -0.05) is 26.2 Å². The molecule has 2 amide bonds. The van der Waals surface area contributed by atoms with Gasteiger partial charge in [0.2, 0.25) is 11.8 Å². The number of nitrogens with one attached hydrogen (secondary N) is 1. The maximum Gasteiger partial charge on any atom is 0.242 e. The van der Waals surface area contributed by atoms with Gasteiger partial charge in [-0.3, -0.25) is 9.59 Å². The van der Waals surface area contributed by atoms with Gasteiger partial charge < -0.3 is 10.2 Å². The molecule has 0 radical (unpaired) electrons. The van der Waals surface area contributed by atoms with Crippen LogP contribution >= 0.6 is 0 Å². The van der Waals surface area contributed by atoms with Crippen LogP contribution < -0.4 is 5.32 Å². The second-order valence-corrected chi connectivity index (χ2v) is 5.46. The van der Waals surface area contributed by atoms with E-state index in [0.717, 1.165) is 6.54 Å². The van der Waals surface area contributed by atoms with Crippen molar-refractivity contribution in [2.24, 2.45) is 11.8 Å². The zero-order chi connectivity index (χ0) is 12.4. The molecule has 2 fully saturated rings. The van der Waals surface area contributed by atoms with Crippen LogP contribution in [0.15, 0.2) is 0 Å². The molecule has 1 aliphatic heterocycles. The highest BCUT2D eigenvalue weighted by atomic mass is 16.2. The first-order valence-corrected chi connectivity index (χ1v) is 6.66. The monoisotopic (exact) mass is 238 g/mol. The van der Waals surface area contributed by atoms with Crippen molar-refractivity contribution in [3.8, 4) is 0 Å². The minimum Gasteiger partial charge on any atom is -0.345 e. The molecule has 0 aromatic heterocycles. The van der Waals surface area contributed by atoms with Crippen molar-refractivity contribution in [3.05, 3.63) is 0 Å². The van der Waals surface area contributed by atoms with Crippen molar-refractivity contribution in [1.29, 1.82) is 0 Å². The lowest BCUT2D eigenvalue weighted by Gasteiger charge is -2.38. The van der Waals surface area contributed by atoms with Gasteiger partial charge in [0.1, 0.15) is 6.04 Å². The number of amides is 2. The Bertz CT molecular complexity index is 317. The van der Waals surface area contributed by atoms with Crippen LogP contribution in [0, 0.1) is 11.8 Å². The lowest BCUT2D eigenvalue weighted by atomic mass is 9.80. The number of carbonyl (C=O) groups excluding carboxylic acids is 2. The fourth-order valence-corrected chi connectivity index (χ4v) is 2.95. The van der Waals surface area contributed by atoms with Gasteiger partial charge in [-0.25, -0.2) is 0 Å². The zero-order valence-electron chi connectivity index (χ0n) is 10.7. The third-order valence-electron chi connectivity index (χ3n) is 4.30. The summed E-state index contributed by atoms with van der Waals surface area (Å²) >= 11 is 0. The number of hydrogen-bond acceptors (Lipinski definition) is 2. The first-order valence-electron chi connectivity index (χ1n) is 6.66. The molecular formula is C13H22N2O2. The molecule has 96 valence electrons. The first-order chi connectivity index (χ1) is 8.09. The van der Waals surface area contributed by atoms with Crippen molar-refractivity contribution >= 4 is 11.8 Å². The van der Waals surface area contributed by atoms with Crippen LogP contribution in [0.1, 0.15) is 39.5 Å². The molecule has 2 rings (SSSR count). The molecule has 0 bridgehead atoms. The SMILES string of the molecule is CC1CCCCC1CN1C(=O)CNC(=O)C1C. The van der Waals surface area contributed by atoms with Gasteiger partial charge in [-0.2, -0.15) is 0 Å². The normalized spacial score (nSPS) is 34.7. The number of hydrogen-bond donors (Lipinski definition) is 1. The highest BCUT2D eigenvalue weighted by Gasteiger charge is 2.34. The van der Waals surface area contributed by atoms with Crippen LogP contribution in [-0.2, 0) is 9.59 Å². The zero-order valence-corrected chi connectivity index (χ0v) is 10.7. The van der Waals surface area contributed by atoms with Crippen molar-refractivity contribution in [1.82, 2.24) is 10.2 Å². The van der Waals surface area contributed by atoms with Gasteiger partial charge >= 0.3 is 0 Å². The summed E-state index contributed by atoms with van der Waals surface area (Å²) in [6.45, 7) is 5.02. The molecule has 1 saturated heterocycles. The molecule has 0 aromatic carbocycles. The molecule has 1 N–H and O–H groups in total. The van der Waals surface area contributed by atoms with Crippen molar-refractivity contribution in [2.45, 2.75) is 45.6 Å². The Morgan fingerprint density at radius 1 is 1.24 bits per heavy atom. The minimum atomic E-state index is -0.301. The van der Waals surface area contributed by atoms with Gasteiger partial charge in [-0.15, -0.1) is 0 Å². The third-order valence-corrected chi connectivity index (χ3v) is 4.30. The molecule has 1 aliphatic carbocycles. The van der Waals surface area contributed by atoms with Crippen molar-refractivity contribution in [2.75, 3.05) is 13.1 Å². The fourth-order valence-electron chi connectivity index (χ4n) is 2.95. The van der Waals surface area contributed by atoms with E-state index >= 15 is 0 Å². The fraction of sp³-hybridized carbons (Fsp3) is 0.846. The van der Waals surface area contributed by atoms with Crippen molar-refractivity contribution in [3.63, 3.8) is 0 Å². The average Bonchev–Trinajstić information content (AvgIpc) is 2.32. The molecule has 0 spiro atoms. The molecule has 3 atom stereocenters. The largest absolute Gasteiger partial charge is 0.345 e. The smallest absolute Gasteiger partial charge is 0.242 e. The quantitative estimate of drug-likeness (QED) is 0.785. The standard InChI is InChI=1S/C13H22N2O2/c1-9-5-3-4-6-11(9)8-15-10(2)13(17)14-7-12(15)16/h9-11H,3-8H2,1-2H3,(H,14,17). The number of nitrogens with zero attached hydrogens (tertiary/aromatic N) is 1. The summed E-state index contributed by atoms with van der Waals surface area (Å²) in [7, 11) is 0. The molecular weight excluding hydrogens is 216 g/mol. The lowest BCUT2D eigenvalue weighted by Crippen LogP contribution is -2.58. The molecule has 1 saturated carbocycles. The van der Waals surface area contributed by atoms with Crippen LogP contribution in [0.5, 0.6) is 0 Å². The van der Waals surface area contributed by atoms with Crippen molar-refractivity contribution < 1.29 is 9.59 Å². The van der Waals surface area contributed by atoms with E-state index in [9.17, 15) is 9.59 Å².